The van der Waals surface area contributed by atoms with E-state index in [0.29, 0.717) is 0 Å². The van der Waals surface area contributed by atoms with Crippen LogP contribution in [0.15, 0.2) is 29.8 Å². The number of rotatable bonds is 2. The van der Waals surface area contributed by atoms with E-state index in [1.165, 1.54) is 30.4 Å². The highest BCUT2D eigenvalue weighted by atomic mass is 16.7. The van der Waals surface area contributed by atoms with Crippen molar-refractivity contribution in [3.05, 3.63) is 35.4 Å². The van der Waals surface area contributed by atoms with E-state index in [9.17, 15) is 0 Å². The van der Waals surface area contributed by atoms with Gasteiger partial charge in [0.1, 0.15) is 5.75 Å². The monoisotopic (exact) mass is 287 g/mol. The molecule has 0 spiro atoms. The molecule has 1 atom stereocenters. The van der Waals surface area contributed by atoms with Gasteiger partial charge in [0, 0.05) is 11.1 Å². The van der Waals surface area contributed by atoms with Gasteiger partial charge < -0.3 is 9.57 Å². The highest BCUT2D eigenvalue weighted by Gasteiger charge is 2.41. The lowest BCUT2D eigenvalue weighted by Crippen LogP contribution is -2.43. The topological polar surface area (TPSA) is 21.7 Å². The van der Waals surface area contributed by atoms with Gasteiger partial charge in [0.05, 0.1) is 13.2 Å². The molecular weight excluding hydrogens is 262 g/mol. The van der Waals surface area contributed by atoms with Gasteiger partial charge in [-0.1, -0.05) is 6.08 Å². The summed E-state index contributed by atoms with van der Waals surface area (Å²) in [5, 5.41) is 2.15. The van der Waals surface area contributed by atoms with E-state index >= 15 is 0 Å². The number of allylic oxidation sites excluding steroid dienone is 1. The lowest BCUT2D eigenvalue weighted by Gasteiger charge is -2.36. The van der Waals surface area contributed by atoms with Crippen LogP contribution >= 0.6 is 0 Å². The van der Waals surface area contributed by atoms with Crippen LogP contribution in [0.3, 0.4) is 0 Å². The lowest BCUT2D eigenvalue weighted by atomic mass is 9.88. The molecule has 0 N–H and O–H groups in total. The van der Waals surface area contributed by atoms with Gasteiger partial charge in [-0.3, -0.25) is 0 Å². The predicted octanol–water partition coefficient (Wildman–Crippen LogP) is 4.64. The SMILES string of the molecule is COc1ccc2c(c1)C(C1=CCCCC1)N(C(C)(C)C)O2. The van der Waals surface area contributed by atoms with Crippen molar-refractivity contribution in [1.82, 2.24) is 5.06 Å². The molecule has 3 heteroatoms. The number of fused-ring (bicyclic) bond motifs is 1. The third-order valence-electron chi connectivity index (χ3n) is 4.28. The Labute approximate surface area is 127 Å². The first-order valence-electron chi connectivity index (χ1n) is 7.85. The van der Waals surface area contributed by atoms with Crippen LogP contribution in [0.5, 0.6) is 11.5 Å². The Morgan fingerprint density at radius 3 is 2.67 bits per heavy atom. The molecule has 0 bridgehead atoms. The first kappa shape index (κ1) is 14.5. The van der Waals surface area contributed by atoms with E-state index in [1.807, 2.05) is 12.1 Å². The molecule has 3 nitrogen and oxygen atoms in total. The van der Waals surface area contributed by atoms with Crippen LogP contribution in [-0.2, 0) is 0 Å². The van der Waals surface area contributed by atoms with Crippen molar-refractivity contribution in [3.8, 4) is 11.5 Å². The van der Waals surface area contributed by atoms with Gasteiger partial charge >= 0.3 is 0 Å². The average Bonchev–Trinajstić information content (AvgIpc) is 2.86. The van der Waals surface area contributed by atoms with Crippen LogP contribution in [0.1, 0.15) is 58.1 Å². The van der Waals surface area contributed by atoms with E-state index in [-0.39, 0.29) is 11.6 Å². The Morgan fingerprint density at radius 2 is 2.05 bits per heavy atom. The van der Waals surface area contributed by atoms with Crippen LogP contribution < -0.4 is 9.57 Å². The number of hydrogen-bond donors (Lipinski definition) is 0. The molecule has 21 heavy (non-hydrogen) atoms. The van der Waals surface area contributed by atoms with E-state index in [4.69, 9.17) is 9.57 Å². The van der Waals surface area contributed by atoms with Crippen LogP contribution in [-0.4, -0.2) is 17.7 Å². The predicted molar refractivity (Wildman–Crippen MR) is 84.5 cm³/mol. The second-order valence-corrected chi connectivity index (χ2v) is 6.92. The summed E-state index contributed by atoms with van der Waals surface area (Å²) in [6.07, 6.45) is 7.34. The molecule has 1 aromatic rings. The maximum atomic E-state index is 6.17. The van der Waals surface area contributed by atoms with Gasteiger partial charge in [-0.05, 0) is 70.2 Å². The molecule has 1 unspecified atom stereocenters. The summed E-state index contributed by atoms with van der Waals surface area (Å²) in [7, 11) is 1.72. The summed E-state index contributed by atoms with van der Waals surface area (Å²) in [4.78, 5) is 6.17. The van der Waals surface area contributed by atoms with Crippen LogP contribution in [0.2, 0.25) is 0 Å². The Hall–Kier alpha value is -1.48. The van der Waals surface area contributed by atoms with Crippen molar-refractivity contribution >= 4 is 0 Å². The fraction of sp³-hybridized carbons (Fsp3) is 0.556. The normalized spacial score (nSPS) is 22.5. The summed E-state index contributed by atoms with van der Waals surface area (Å²) in [5.74, 6) is 1.86. The van der Waals surface area contributed by atoms with Gasteiger partial charge in [0.15, 0.2) is 5.75 Å². The minimum atomic E-state index is -0.0464. The number of methoxy groups -OCH3 is 1. The quantitative estimate of drug-likeness (QED) is 0.739. The molecule has 1 aliphatic carbocycles. The molecule has 0 saturated heterocycles. The molecule has 3 rings (SSSR count). The zero-order valence-corrected chi connectivity index (χ0v) is 13.5. The molecule has 2 aliphatic rings. The number of benzene rings is 1. The molecule has 0 saturated carbocycles. The lowest BCUT2D eigenvalue weighted by molar-refractivity contribution is -0.130. The number of ether oxygens (including phenoxy) is 1. The second-order valence-electron chi connectivity index (χ2n) is 6.92. The zero-order valence-electron chi connectivity index (χ0n) is 13.5. The Kier molecular flexibility index (Phi) is 3.70. The molecule has 0 fully saturated rings. The first-order chi connectivity index (χ1) is 10.0. The summed E-state index contributed by atoms with van der Waals surface area (Å²) < 4.78 is 5.40. The Bertz CT molecular complexity index is 557. The van der Waals surface area contributed by atoms with Crippen LogP contribution in [0, 0.1) is 0 Å². The van der Waals surface area contributed by atoms with Crippen molar-refractivity contribution < 1.29 is 9.57 Å². The smallest absolute Gasteiger partial charge is 0.153 e. The fourth-order valence-electron chi connectivity index (χ4n) is 3.22. The van der Waals surface area contributed by atoms with Gasteiger partial charge in [0.2, 0.25) is 0 Å². The third kappa shape index (κ3) is 2.67. The highest BCUT2D eigenvalue weighted by molar-refractivity contribution is 5.47. The van der Waals surface area contributed by atoms with Gasteiger partial charge in [-0.15, -0.1) is 5.06 Å². The first-order valence-corrected chi connectivity index (χ1v) is 7.85. The minimum Gasteiger partial charge on any atom is -0.497 e. The molecule has 1 aromatic carbocycles. The Balaban J connectivity index is 2.05. The van der Waals surface area contributed by atoms with E-state index in [2.05, 4.69) is 38.0 Å². The number of hydroxylamine groups is 2. The van der Waals surface area contributed by atoms with Crippen LogP contribution in [0.4, 0.5) is 0 Å². The summed E-state index contributed by atoms with van der Waals surface area (Å²) in [6.45, 7) is 6.60. The highest BCUT2D eigenvalue weighted by Crippen LogP contribution is 2.48. The molecule has 0 amide bonds. The summed E-state index contributed by atoms with van der Waals surface area (Å²) in [5.41, 5.74) is 2.68. The maximum Gasteiger partial charge on any atom is 0.153 e. The number of hydrogen-bond acceptors (Lipinski definition) is 3. The van der Waals surface area contributed by atoms with E-state index in [1.54, 1.807) is 7.11 Å². The summed E-state index contributed by atoms with van der Waals surface area (Å²) in [6, 6.07) is 6.34. The van der Waals surface area contributed by atoms with Gasteiger partial charge in [-0.25, -0.2) is 0 Å². The molecular formula is C18H25NO2. The van der Waals surface area contributed by atoms with Crippen molar-refractivity contribution in [2.24, 2.45) is 0 Å². The molecule has 1 heterocycles. The molecule has 0 aromatic heterocycles. The molecule has 1 aliphatic heterocycles. The second kappa shape index (κ2) is 5.38. The molecule has 0 radical (unpaired) electrons. The maximum absolute atomic E-state index is 6.17. The van der Waals surface area contributed by atoms with E-state index < -0.39 is 0 Å². The van der Waals surface area contributed by atoms with Crippen molar-refractivity contribution in [1.29, 1.82) is 0 Å². The summed E-state index contributed by atoms with van der Waals surface area (Å²) >= 11 is 0. The minimum absolute atomic E-state index is 0.0464. The zero-order chi connectivity index (χ0) is 15.0. The van der Waals surface area contributed by atoms with Crippen molar-refractivity contribution in [2.75, 3.05) is 7.11 Å². The third-order valence-corrected chi connectivity index (χ3v) is 4.28. The Morgan fingerprint density at radius 1 is 1.24 bits per heavy atom. The largest absolute Gasteiger partial charge is 0.497 e. The van der Waals surface area contributed by atoms with Gasteiger partial charge in [-0.2, -0.15) is 0 Å². The van der Waals surface area contributed by atoms with E-state index in [0.717, 1.165) is 17.9 Å². The van der Waals surface area contributed by atoms with Crippen molar-refractivity contribution in [3.63, 3.8) is 0 Å². The average molecular weight is 287 g/mol. The number of nitrogens with zero attached hydrogens (tertiary/aromatic N) is 1. The van der Waals surface area contributed by atoms with Crippen LogP contribution in [0.25, 0.3) is 0 Å². The standard InChI is InChI=1S/C18H25NO2/c1-18(2,3)19-17(13-8-6-5-7-9-13)15-12-14(20-4)10-11-16(15)21-19/h8,10-12,17H,5-7,9H2,1-4H3. The van der Waals surface area contributed by atoms with Gasteiger partial charge in [0.25, 0.3) is 0 Å². The fourth-order valence-corrected chi connectivity index (χ4v) is 3.22. The van der Waals surface area contributed by atoms with Crippen molar-refractivity contribution in [2.45, 2.75) is 58.0 Å². The molecule has 114 valence electrons.